The number of Topliss-reactive ketones (excluding diaryl/α,β-unsaturated/α-hetero) is 1. The summed E-state index contributed by atoms with van der Waals surface area (Å²) in [5.41, 5.74) is -0.359. The topological polar surface area (TPSA) is 119 Å². The molecular formula is C31H46N4O5. The number of nitrogens with one attached hydrogen (secondary N) is 1. The first-order valence-corrected chi connectivity index (χ1v) is 15.2. The van der Waals surface area contributed by atoms with Gasteiger partial charge < -0.3 is 15.0 Å². The van der Waals surface area contributed by atoms with E-state index in [1.54, 1.807) is 11.8 Å². The minimum Gasteiger partial charge on any atom is -0.464 e. The second-order valence-corrected chi connectivity index (χ2v) is 13.0. The smallest absolute Gasteiger partial charge is 0.329 e. The number of ketones is 1. The van der Waals surface area contributed by atoms with Crippen molar-refractivity contribution in [1.29, 1.82) is 0 Å². The number of hydrogen-bond donors (Lipinski definition) is 1. The number of carbonyl (C=O) groups excluding carboxylic acids is 4. The zero-order valence-corrected chi connectivity index (χ0v) is 24.6. The molecule has 0 aromatic carbocycles. The van der Waals surface area contributed by atoms with Crippen LogP contribution in [0.3, 0.4) is 0 Å². The molecule has 40 heavy (non-hydrogen) atoms. The average molecular weight is 555 g/mol. The number of nitrogens with zero attached hydrogens (tertiary/aromatic N) is 3. The van der Waals surface area contributed by atoms with Gasteiger partial charge in [-0.2, -0.15) is 0 Å². The second-order valence-electron chi connectivity index (χ2n) is 13.0. The van der Waals surface area contributed by atoms with Crippen molar-refractivity contribution in [2.45, 2.75) is 104 Å². The third-order valence-corrected chi connectivity index (χ3v) is 9.10. The largest absolute Gasteiger partial charge is 0.464 e. The molecule has 1 aromatic heterocycles. The molecule has 4 rings (SSSR count). The van der Waals surface area contributed by atoms with Gasteiger partial charge in [-0.15, -0.1) is 0 Å². The van der Waals surface area contributed by atoms with Crippen LogP contribution in [0.2, 0.25) is 0 Å². The number of hydrogen-bond acceptors (Lipinski definition) is 7. The maximum atomic E-state index is 14.2. The van der Waals surface area contributed by atoms with Gasteiger partial charge in [-0.05, 0) is 49.4 Å². The molecule has 3 fully saturated rings. The molecule has 0 spiro atoms. The third-order valence-electron chi connectivity index (χ3n) is 9.10. The van der Waals surface area contributed by atoms with Gasteiger partial charge in [-0.1, -0.05) is 59.3 Å². The molecule has 0 radical (unpaired) electrons. The fraction of sp³-hybridized carbons (Fsp3) is 0.742. The zero-order chi connectivity index (χ0) is 28.9. The lowest BCUT2D eigenvalue weighted by atomic mass is 9.80. The highest BCUT2D eigenvalue weighted by Gasteiger charge is 2.52. The molecule has 0 unspecified atom stereocenters. The first-order chi connectivity index (χ1) is 19.1. The van der Waals surface area contributed by atoms with Gasteiger partial charge in [0.25, 0.3) is 0 Å². The summed E-state index contributed by atoms with van der Waals surface area (Å²) in [4.78, 5) is 64.0. The number of aromatic nitrogens is 2. The predicted octanol–water partition coefficient (Wildman–Crippen LogP) is 4.36. The summed E-state index contributed by atoms with van der Waals surface area (Å²) in [7, 11) is 0. The van der Waals surface area contributed by atoms with E-state index >= 15 is 0 Å². The lowest BCUT2D eigenvalue weighted by Gasteiger charge is -2.37. The highest BCUT2D eigenvalue weighted by molar-refractivity contribution is 5.98. The second kappa shape index (κ2) is 13.2. The van der Waals surface area contributed by atoms with E-state index in [1.165, 1.54) is 25.0 Å². The standard InChI is InChI=1S/C31H46N4O5/c1-5-40-30(39)26-23-13-9-12-21(23)19-35(26)29(38)27(31(2,3)4)34-28(37)22(16-20-10-7-6-8-11-20)17-25(36)24-18-32-14-15-33-24/h14-15,18,20-23,26-27H,5-13,16-17,19H2,1-4H3,(H,34,37)/t21-,22+,23-,26-,27+/m0/s1. The fourth-order valence-corrected chi connectivity index (χ4v) is 7.02. The van der Waals surface area contributed by atoms with Crippen LogP contribution in [-0.2, 0) is 19.1 Å². The molecule has 3 aliphatic rings. The maximum absolute atomic E-state index is 14.2. The molecule has 1 N–H and O–H groups in total. The number of rotatable bonds is 10. The lowest BCUT2D eigenvalue weighted by Crippen LogP contribution is -2.58. The summed E-state index contributed by atoms with van der Waals surface area (Å²) in [6, 6.07) is -1.45. The summed E-state index contributed by atoms with van der Waals surface area (Å²) in [5, 5.41) is 3.07. The number of carbonyl (C=O) groups is 4. The number of ether oxygens (including phenoxy) is 1. The van der Waals surface area contributed by atoms with E-state index in [2.05, 4.69) is 15.3 Å². The first-order valence-electron chi connectivity index (χ1n) is 15.2. The molecule has 9 nitrogen and oxygen atoms in total. The highest BCUT2D eigenvalue weighted by Crippen LogP contribution is 2.43. The van der Waals surface area contributed by atoms with Crippen LogP contribution in [0.25, 0.3) is 0 Å². The van der Waals surface area contributed by atoms with E-state index in [0.717, 1.165) is 44.9 Å². The molecule has 2 aliphatic carbocycles. The normalized spacial score (nSPS) is 24.7. The van der Waals surface area contributed by atoms with E-state index in [4.69, 9.17) is 4.74 Å². The quantitative estimate of drug-likeness (QED) is 0.337. The molecule has 1 saturated heterocycles. The SMILES string of the molecule is CCOC(=O)[C@@H]1[C@H]2CCC[C@H]2CN1C(=O)[C@@H](NC(=O)[C@@H](CC(=O)c1cnccn1)CC1CCCCC1)C(C)(C)C. The van der Waals surface area contributed by atoms with Gasteiger partial charge >= 0.3 is 5.97 Å². The molecular weight excluding hydrogens is 508 g/mol. The zero-order valence-electron chi connectivity index (χ0n) is 24.6. The molecule has 0 bridgehead atoms. The van der Waals surface area contributed by atoms with Gasteiger partial charge in [0.15, 0.2) is 5.78 Å². The Labute approximate surface area is 238 Å². The van der Waals surface area contributed by atoms with Gasteiger partial charge in [0, 0.05) is 31.3 Å². The van der Waals surface area contributed by atoms with Crippen LogP contribution in [0.1, 0.15) is 102 Å². The summed E-state index contributed by atoms with van der Waals surface area (Å²) in [6.45, 7) is 8.31. The minimum absolute atomic E-state index is 0.0192. The van der Waals surface area contributed by atoms with Crippen LogP contribution >= 0.6 is 0 Å². The Morgan fingerprint density at radius 1 is 1.05 bits per heavy atom. The molecule has 2 saturated carbocycles. The van der Waals surface area contributed by atoms with Crippen molar-refractivity contribution in [3.8, 4) is 0 Å². The highest BCUT2D eigenvalue weighted by atomic mass is 16.5. The average Bonchev–Trinajstić information content (AvgIpc) is 3.53. The van der Waals surface area contributed by atoms with E-state index in [9.17, 15) is 19.2 Å². The van der Waals surface area contributed by atoms with Crippen molar-refractivity contribution in [1.82, 2.24) is 20.2 Å². The van der Waals surface area contributed by atoms with Crippen LogP contribution in [0.5, 0.6) is 0 Å². The third kappa shape index (κ3) is 7.07. The molecule has 220 valence electrons. The Kier molecular flexibility index (Phi) is 9.95. The van der Waals surface area contributed by atoms with E-state index in [1.807, 2.05) is 20.8 Å². The Morgan fingerprint density at radius 2 is 1.80 bits per heavy atom. The monoisotopic (exact) mass is 554 g/mol. The number of likely N-dealkylation sites (tertiary alicyclic amines) is 1. The molecule has 9 heteroatoms. The van der Waals surface area contributed by atoms with E-state index in [-0.39, 0.29) is 54.1 Å². The van der Waals surface area contributed by atoms with Crippen molar-refractivity contribution >= 4 is 23.6 Å². The molecule has 2 amide bonds. The van der Waals surface area contributed by atoms with Crippen LogP contribution in [0.15, 0.2) is 18.6 Å². The molecule has 5 atom stereocenters. The maximum Gasteiger partial charge on any atom is 0.329 e. The van der Waals surface area contributed by atoms with Crippen molar-refractivity contribution in [3.63, 3.8) is 0 Å². The Hall–Kier alpha value is -2.84. The van der Waals surface area contributed by atoms with Gasteiger partial charge in [0.2, 0.25) is 11.8 Å². The molecule has 1 aromatic rings. The predicted molar refractivity (Wildman–Crippen MR) is 150 cm³/mol. The van der Waals surface area contributed by atoms with Crippen LogP contribution in [-0.4, -0.2) is 63.7 Å². The Morgan fingerprint density at radius 3 is 2.45 bits per heavy atom. The van der Waals surface area contributed by atoms with Crippen LogP contribution < -0.4 is 5.32 Å². The number of amides is 2. The van der Waals surface area contributed by atoms with Crippen LogP contribution in [0, 0.1) is 29.1 Å². The van der Waals surface area contributed by atoms with Gasteiger partial charge in [0.05, 0.1) is 12.8 Å². The van der Waals surface area contributed by atoms with Crippen molar-refractivity contribution < 1.29 is 23.9 Å². The lowest BCUT2D eigenvalue weighted by molar-refractivity contribution is -0.156. The van der Waals surface area contributed by atoms with E-state index < -0.39 is 23.4 Å². The molecule has 2 heterocycles. The van der Waals surface area contributed by atoms with Crippen molar-refractivity contribution in [2.24, 2.45) is 29.1 Å². The van der Waals surface area contributed by atoms with Gasteiger partial charge in [0.1, 0.15) is 17.8 Å². The summed E-state index contributed by atoms with van der Waals surface area (Å²) in [6.07, 6.45) is 13.5. The number of fused-ring (bicyclic) bond motifs is 1. The van der Waals surface area contributed by atoms with Crippen molar-refractivity contribution in [3.05, 3.63) is 24.3 Å². The van der Waals surface area contributed by atoms with E-state index in [0.29, 0.717) is 18.9 Å². The summed E-state index contributed by atoms with van der Waals surface area (Å²) < 4.78 is 5.40. The Balaban J connectivity index is 1.55. The van der Waals surface area contributed by atoms with Crippen molar-refractivity contribution in [2.75, 3.05) is 13.2 Å². The first kappa shape index (κ1) is 30.1. The van der Waals surface area contributed by atoms with Gasteiger partial charge in [-0.25, -0.2) is 9.78 Å². The summed E-state index contributed by atoms with van der Waals surface area (Å²) in [5.74, 6) is -0.941. The fourth-order valence-electron chi connectivity index (χ4n) is 7.02. The Bertz CT molecular complexity index is 1050. The molecule has 1 aliphatic heterocycles. The number of esters is 1. The van der Waals surface area contributed by atoms with Crippen LogP contribution in [0.4, 0.5) is 0 Å². The van der Waals surface area contributed by atoms with Gasteiger partial charge in [-0.3, -0.25) is 19.4 Å². The summed E-state index contributed by atoms with van der Waals surface area (Å²) >= 11 is 0. The minimum atomic E-state index is -0.837.